The van der Waals surface area contributed by atoms with Crippen LogP contribution in [-0.4, -0.2) is 170 Å². The van der Waals surface area contributed by atoms with E-state index in [-0.39, 0.29) is 73.0 Å². The molecule has 4 aromatic rings. The van der Waals surface area contributed by atoms with Gasteiger partial charge in [-0.1, -0.05) is 69.3 Å². The van der Waals surface area contributed by atoms with Crippen molar-refractivity contribution in [1.82, 2.24) is 9.47 Å². The first-order valence-corrected chi connectivity index (χ1v) is 29.1. The molecule has 5 amide bonds. The van der Waals surface area contributed by atoms with Gasteiger partial charge >= 0.3 is 42.3 Å². The standard InChI is InChI=1S/C63H69N7O25/c1-8-25-85-57(75)52-50(93-61(78)87-27-10-3)51(94-62(79)88-28-11-4)53(95-63(80)89-29-12-5)58(92-52)91-46-23-18-37(31-44(46)70(81)82)36-90-60(77)69-43-34-48(47(83-7)33-41(43)55(73)68-24-14-13-16-42(68)56(69)74)84-30-15-17-49(71)64-40-32-45(67(6)35-40)54(72)65-38-19-21-39(22-20-38)66-59(76)86-26-9-2/h8-12,18-23,31-35,42,50-53,56,58,74H,1-5,13-17,24-30,36H2,6-7H3,(H,64,71)(H,65,72)(H,66,76)/t42-,50-,51-,52-,53+,56?,58+/m0/s1. The molecule has 4 heterocycles. The van der Waals surface area contributed by atoms with Crippen LogP contribution in [0.1, 0.15) is 58.5 Å². The van der Waals surface area contributed by atoms with E-state index in [1.807, 2.05) is 0 Å². The number of nitro benzene ring substituents is 1. The third-order valence-corrected chi connectivity index (χ3v) is 14.0. The molecule has 2 fully saturated rings. The molecular formula is C63H69N7O25. The second-order valence-electron chi connectivity index (χ2n) is 20.5. The lowest BCUT2D eigenvalue weighted by molar-refractivity contribution is -0.387. The Balaban J connectivity index is 1.08. The maximum atomic E-state index is 14.5. The molecule has 1 unspecified atom stereocenters. The molecule has 506 valence electrons. The molecule has 0 aliphatic carbocycles. The number of anilines is 4. The summed E-state index contributed by atoms with van der Waals surface area (Å²) >= 11 is 0. The van der Waals surface area contributed by atoms with Crippen molar-refractivity contribution in [3.05, 3.63) is 157 Å². The number of esters is 1. The van der Waals surface area contributed by atoms with Gasteiger partial charge in [-0.2, -0.15) is 0 Å². The minimum Gasteiger partial charge on any atom is -0.493 e. The molecule has 2 saturated heterocycles. The van der Waals surface area contributed by atoms with Crippen LogP contribution in [0.25, 0.3) is 0 Å². The Morgan fingerprint density at radius 1 is 0.705 bits per heavy atom. The first-order chi connectivity index (χ1) is 45.7. The van der Waals surface area contributed by atoms with Crippen LogP contribution in [0.2, 0.25) is 0 Å². The van der Waals surface area contributed by atoms with Crippen LogP contribution >= 0.6 is 0 Å². The Hall–Kier alpha value is -11.4. The van der Waals surface area contributed by atoms with Gasteiger partial charge in [-0.3, -0.25) is 29.8 Å². The Kier molecular flexibility index (Phi) is 25.7. The van der Waals surface area contributed by atoms with Crippen LogP contribution < -0.4 is 35.1 Å². The number of fused-ring (bicyclic) bond motifs is 2. The maximum Gasteiger partial charge on any atom is 0.509 e. The largest absolute Gasteiger partial charge is 0.509 e. The number of benzene rings is 3. The molecule has 4 N–H and O–H groups in total. The van der Waals surface area contributed by atoms with Crippen molar-refractivity contribution in [1.29, 1.82) is 0 Å². The number of piperidine rings is 1. The molecule has 32 nitrogen and oxygen atoms in total. The van der Waals surface area contributed by atoms with Crippen molar-refractivity contribution in [3.8, 4) is 17.2 Å². The number of aliphatic hydroxyl groups is 1. The van der Waals surface area contributed by atoms with Gasteiger partial charge in [-0.15, -0.1) is 0 Å². The van der Waals surface area contributed by atoms with Crippen molar-refractivity contribution in [2.75, 3.05) is 74.1 Å². The molecule has 0 saturated carbocycles. The minimum absolute atomic E-state index is 0.00557. The van der Waals surface area contributed by atoms with Crippen LogP contribution in [0.5, 0.6) is 17.2 Å². The van der Waals surface area contributed by atoms with Gasteiger partial charge in [-0.05, 0) is 73.7 Å². The highest BCUT2D eigenvalue weighted by Crippen LogP contribution is 2.42. The molecule has 0 bridgehead atoms. The second-order valence-corrected chi connectivity index (χ2v) is 20.5. The quantitative estimate of drug-likeness (QED) is 0.00994. The molecule has 95 heavy (non-hydrogen) atoms. The van der Waals surface area contributed by atoms with Crippen molar-refractivity contribution >= 4 is 82.8 Å². The Labute approximate surface area is 542 Å². The van der Waals surface area contributed by atoms with E-state index in [4.69, 9.17) is 61.6 Å². The van der Waals surface area contributed by atoms with Crippen LogP contribution in [0.3, 0.4) is 0 Å². The maximum absolute atomic E-state index is 14.5. The summed E-state index contributed by atoms with van der Waals surface area (Å²) in [7, 11) is 2.94. The van der Waals surface area contributed by atoms with E-state index in [1.54, 1.807) is 37.5 Å². The Morgan fingerprint density at radius 3 is 1.95 bits per heavy atom. The van der Waals surface area contributed by atoms with E-state index in [2.05, 4.69) is 48.8 Å². The van der Waals surface area contributed by atoms with E-state index in [0.29, 0.717) is 29.9 Å². The normalized spacial score (nSPS) is 18.5. The molecule has 0 radical (unpaired) electrons. The third kappa shape index (κ3) is 18.9. The first kappa shape index (κ1) is 71.0. The number of hydrogen-bond donors (Lipinski definition) is 4. The lowest BCUT2D eigenvalue weighted by Crippen LogP contribution is -2.64. The zero-order chi connectivity index (χ0) is 68.7. The molecule has 3 aromatic carbocycles. The summed E-state index contributed by atoms with van der Waals surface area (Å²) in [5.41, 5.74) is 0.209. The number of aryl methyl sites for hydroxylation is 1. The van der Waals surface area contributed by atoms with E-state index in [9.17, 15) is 58.4 Å². The van der Waals surface area contributed by atoms with Gasteiger partial charge in [-0.25, -0.2) is 33.7 Å². The molecule has 3 aliphatic heterocycles. The van der Waals surface area contributed by atoms with Gasteiger partial charge < -0.3 is 86.8 Å². The van der Waals surface area contributed by atoms with Crippen LogP contribution in [0.4, 0.5) is 52.4 Å². The average Bonchev–Trinajstić information content (AvgIpc) is 1.73. The minimum atomic E-state index is -2.21. The van der Waals surface area contributed by atoms with Gasteiger partial charge in [0, 0.05) is 49.7 Å². The Bertz CT molecular complexity index is 3540. The number of nitrogens with zero attached hydrogens (tertiary/aromatic N) is 4. The van der Waals surface area contributed by atoms with Crippen molar-refractivity contribution < 1.29 is 115 Å². The number of carbonyl (C=O) groups excluding carboxylic acids is 9. The van der Waals surface area contributed by atoms with Gasteiger partial charge in [0.2, 0.25) is 18.3 Å². The summed E-state index contributed by atoms with van der Waals surface area (Å²) in [6.45, 7) is 15.0. The van der Waals surface area contributed by atoms with E-state index in [0.717, 1.165) is 29.2 Å². The lowest BCUT2D eigenvalue weighted by Gasteiger charge is -2.42. The van der Waals surface area contributed by atoms with E-state index < -0.39 is 147 Å². The van der Waals surface area contributed by atoms with Gasteiger partial charge in [0.1, 0.15) is 45.3 Å². The smallest absolute Gasteiger partial charge is 0.493 e. The molecule has 7 atom stereocenters. The molecule has 1 aromatic heterocycles. The number of hydrogen-bond acceptors (Lipinski definition) is 25. The van der Waals surface area contributed by atoms with Crippen molar-refractivity contribution in [2.24, 2.45) is 7.05 Å². The summed E-state index contributed by atoms with van der Waals surface area (Å²) in [6.07, 6.45) is -9.77. The molecule has 3 aliphatic rings. The van der Waals surface area contributed by atoms with Gasteiger partial charge in [0.15, 0.2) is 41.8 Å². The predicted molar refractivity (Wildman–Crippen MR) is 331 cm³/mol. The highest BCUT2D eigenvalue weighted by molar-refractivity contribution is 6.06. The number of nitro groups is 1. The second kappa shape index (κ2) is 34.3. The van der Waals surface area contributed by atoms with Crippen LogP contribution in [-0.2, 0) is 70.6 Å². The van der Waals surface area contributed by atoms with Crippen molar-refractivity contribution in [2.45, 2.75) is 81.7 Å². The molecule has 32 heteroatoms. The number of rotatable bonds is 29. The summed E-state index contributed by atoms with van der Waals surface area (Å²) in [4.78, 5) is 134. The number of ether oxygens (including phenoxy) is 13. The molecule has 7 rings (SSSR count). The number of nitrogens with one attached hydrogen (secondary N) is 3. The summed E-state index contributed by atoms with van der Waals surface area (Å²) in [5, 5.41) is 33.0. The summed E-state index contributed by atoms with van der Waals surface area (Å²) in [6, 6.07) is 12.6. The van der Waals surface area contributed by atoms with E-state index >= 15 is 0 Å². The zero-order valence-electron chi connectivity index (χ0n) is 51.5. The van der Waals surface area contributed by atoms with Gasteiger partial charge in [0.25, 0.3) is 11.8 Å². The fourth-order valence-electron chi connectivity index (χ4n) is 9.76. The van der Waals surface area contributed by atoms with Crippen LogP contribution in [0.15, 0.2) is 130 Å². The molecule has 0 spiro atoms. The first-order valence-electron chi connectivity index (χ1n) is 29.1. The summed E-state index contributed by atoms with van der Waals surface area (Å²) in [5.74, 6) is -3.40. The SMILES string of the molecule is C=CCOC(=O)Nc1ccc(NC(=O)c2cc(NC(=O)CCCOc3cc4c(cc3OC)C(=O)N3CCCC[C@H]3C(O)N4C(=O)OCc3ccc(O[C@@H]4O[C@H](C(=O)OCC=C)[C@@H](OC(=O)OCC=C)[C@H](OC(=O)OCC=C)[C@H]4OC(=O)OCC=C)c([N+](=O)[O-])c3)cn2C)cc1. The fourth-order valence-corrected chi connectivity index (χ4v) is 9.76. The number of methoxy groups -OCH3 is 1. The van der Waals surface area contributed by atoms with Gasteiger partial charge in [0.05, 0.1) is 41.6 Å². The lowest BCUT2D eigenvalue weighted by atomic mass is 9.98. The number of amides is 5. The molecular weight excluding hydrogens is 1250 g/mol. The monoisotopic (exact) mass is 1320 g/mol. The highest BCUT2D eigenvalue weighted by atomic mass is 16.8. The predicted octanol–water partition coefficient (Wildman–Crippen LogP) is 8.15. The Morgan fingerprint density at radius 2 is 1.32 bits per heavy atom. The van der Waals surface area contributed by atoms with Crippen molar-refractivity contribution in [3.63, 3.8) is 0 Å². The van der Waals surface area contributed by atoms with Crippen LogP contribution in [0, 0.1) is 10.1 Å². The third-order valence-electron chi connectivity index (χ3n) is 14.0. The summed E-state index contributed by atoms with van der Waals surface area (Å²) < 4.78 is 72.2. The highest BCUT2D eigenvalue weighted by Gasteiger charge is 2.58. The number of aliphatic hydroxyl groups excluding tert-OH is 1. The average molecular weight is 1320 g/mol. The zero-order valence-corrected chi connectivity index (χ0v) is 51.5. The number of aromatic nitrogens is 1. The number of carbonyl (C=O) groups is 9. The topological polar surface area (TPSA) is 384 Å². The van der Waals surface area contributed by atoms with E-state index in [1.165, 1.54) is 59.1 Å². The fraction of sp³-hybridized carbons (Fsp3) is 0.349.